The monoisotopic (exact) mass is 536 g/mol. The minimum Gasteiger partial charge on any atom is -0.461 e. The Morgan fingerprint density at radius 3 is 2.87 bits per heavy atom. The van der Waals surface area contributed by atoms with Crippen LogP contribution in [0.5, 0.6) is 6.01 Å². The van der Waals surface area contributed by atoms with Gasteiger partial charge in [-0.05, 0) is 62.7 Å². The maximum atomic E-state index is 16.4. The van der Waals surface area contributed by atoms with E-state index in [2.05, 4.69) is 30.1 Å². The third-order valence-electron chi connectivity index (χ3n) is 8.98. The molecule has 4 aliphatic rings. The van der Waals surface area contributed by atoms with Crippen molar-refractivity contribution < 1.29 is 13.5 Å². The number of likely N-dealkylation sites (N-methyl/N-ethyl adjacent to an activating group) is 1. The zero-order chi connectivity index (χ0) is 26.7. The number of hydrogen-bond acceptors (Lipinski definition) is 9. The predicted octanol–water partition coefficient (Wildman–Crippen LogP) is 3.44. The number of ether oxygens (including phenoxy) is 1. The topological polar surface area (TPSA) is 105 Å². The first-order valence-corrected chi connectivity index (χ1v) is 14.0. The smallest absolute Gasteiger partial charge is 0.319 e. The average Bonchev–Trinajstić information content (AvgIpc) is 3.33. The highest BCUT2D eigenvalue weighted by atomic mass is 19.1. The van der Waals surface area contributed by atoms with Crippen molar-refractivity contribution in [1.82, 2.24) is 30.2 Å². The molecule has 0 unspecified atom stereocenters. The number of nitrogen functional groups attached to an aromatic ring is 1. The molecule has 3 aliphatic heterocycles. The summed E-state index contributed by atoms with van der Waals surface area (Å²) in [7, 11) is 1.96. The Morgan fingerprint density at radius 2 is 2.08 bits per heavy atom. The molecule has 1 aliphatic carbocycles. The Balaban J connectivity index is 1.31. The molecule has 11 heteroatoms. The molecule has 3 aromatic heterocycles. The first-order valence-electron chi connectivity index (χ1n) is 14.0. The highest BCUT2D eigenvalue weighted by Crippen LogP contribution is 2.45. The number of nitrogens with zero attached hydrogens (tertiary/aromatic N) is 6. The molecule has 3 aromatic rings. The third kappa shape index (κ3) is 4.35. The minimum absolute atomic E-state index is 0.0952. The van der Waals surface area contributed by atoms with Gasteiger partial charge < -0.3 is 20.7 Å². The van der Waals surface area contributed by atoms with Gasteiger partial charge in [-0.2, -0.15) is 9.97 Å². The highest BCUT2D eigenvalue weighted by molar-refractivity contribution is 5.92. The lowest BCUT2D eigenvalue weighted by atomic mass is 9.95. The number of pyridine rings is 2. The Labute approximate surface area is 226 Å². The van der Waals surface area contributed by atoms with Gasteiger partial charge >= 0.3 is 6.01 Å². The molecule has 0 bridgehead atoms. The van der Waals surface area contributed by atoms with Crippen LogP contribution >= 0.6 is 0 Å². The maximum Gasteiger partial charge on any atom is 0.319 e. The number of hydrogen-bond donors (Lipinski definition) is 2. The molecule has 7 rings (SSSR count). The number of halogens is 2. The van der Waals surface area contributed by atoms with Gasteiger partial charge in [-0.15, -0.1) is 0 Å². The molecule has 9 nitrogen and oxygen atoms in total. The second kappa shape index (κ2) is 9.48. The van der Waals surface area contributed by atoms with Gasteiger partial charge in [-0.1, -0.05) is 6.07 Å². The van der Waals surface area contributed by atoms with Crippen LogP contribution in [0.15, 0.2) is 18.3 Å². The first kappa shape index (κ1) is 24.8. The van der Waals surface area contributed by atoms with Crippen molar-refractivity contribution in [3.05, 3.63) is 29.7 Å². The lowest BCUT2D eigenvalue weighted by Gasteiger charge is -2.31. The van der Waals surface area contributed by atoms with Gasteiger partial charge in [-0.25, -0.2) is 13.8 Å². The molecule has 206 valence electrons. The number of rotatable bonds is 7. The summed E-state index contributed by atoms with van der Waals surface area (Å²) in [6, 6.07) is 3.97. The molecule has 3 atom stereocenters. The van der Waals surface area contributed by atoms with Crippen LogP contribution in [0.1, 0.15) is 50.0 Å². The number of alkyl halides is 1. The van der Waals surface area contributed by atoms with E-state index in [-0.39, 0.29) is 35.4 Å². The van der Waals surface area contributed by atoms with Crippen LogP contribution in [0, 0.1) is 5.82 Å². The van der Waals surface area contributed by atoms with E-state index in [0.717, 1.165) is 57.3 Å². The van der Waals surface area contributed by atoms with Gasteiger partial charge in [0.15, 0.2) is 5.82 Å². The normalized spacial score (nSPS) is 26.8. The van der Waals surface area contributed by atoms with Crippen molar-refractivity contribution in [1.29, 1.82) is 0 Å². The number of aromatic nitrogens is 4. The second-order valence-electron chi connectivity index (χ2n) is 11.6. The van der Waals surface area contributed by atoms with Gasteiger partial charge in [0.25, 0.3) is 0 Å². The Morgan fingerprint density at radius 1 is 1.21 bits per heavy atom. The molecule has 4 fully saturated rings. The van der Waals surface area contributed by atoms with E-state index < -0.39 is 12.0 Å². The molecule has 0 aromatic carbocycles. The largest absolute Gasteiger partial charge is 0.461 e. The molecule has 1 saturated carbocycles. The van der Waals surface area contributed by atoms with E-state index in [4.69, 9.17) is 15.5 Å². The Bertz CT molecular complexity index is 1410. The lowest BCUT2D eigenvalue weighted by molar-refractivity contribution is 0.107. The van der Waals surface area contributed by atoms with E-state index in [0.29, 0.717) is 41.6 Å². The molecular formula is C28H34F2N8O. The van der Waals surface area contributed by atoms with E-state index >= 15 is 4.39 Å². The van der Waals surface area contributed by atoms with Gasteiger partial charge in [-0.3, -0.25) is 9.88 Å². The van der Waals surface area contributed by atoms with Gasteiger partial charge in [0.1, 0.15) is 35.6 Å². The molecule has 0 spiro atoms. The summed E-state index contributed by atoms with van der Waals surface area (Å²) >= 11 is 0. The fraction of sp³-hybridized carbons (Fsp3) is 0.571. The molecule has 3 saturated heterocycles. The number of nitrogens with one attached hydrogen (secondary N) is 1. The highest BCUT2D eigenvalue weighted by Gasteiger charge is 2.49. The molecule has 6 heterocycles. The summed E-state index contributed by atoms with van der Waals surface area (Å²) in [4.78, 5) is 22.6. The van der Waals surface area contributed by atoms with Gasteiger partial charge in [0.05, 0.1) is 16.6 Å². The fourth-order valence-corrected chi connectivity index (χ4v) is 6.71. The van der Waals surface area contributed by atoms with Crippen LogP contribution in [0.3, 0.4) is 0 Å². The van der Waals surface area contributed by atoms with Crippen LogP contribution in [0.25, 0.3) is 22.3 Å². The van der Waals surface area contributed by atoms with E-state index in [1.807, 2.05) is 13.1 Å². The summed E-state index contributed by atoms with van der Waals surface area (Å²) in [6.45, 7) is 3.29. The van der Waals surface area contributed by atoms with Gasteiger partial charge in [0, 0.05) is 38.8 Å². The standard InChI is InChI=1S/C28H34F2N8O/c1-37(18-7-9-32-12-18)26-20-13-33-25(24-19(16-3-4-16)5-6-21(31)34-24)22(30)23(20)35-27(36-26)39-15-28-8-2-10-38(28)14-17(29)11-28/h5-6,13,16-18,32H,2-4,7-12,14-15H2,1H3,(H2,31,34)/t17-,18-,28+/m1/s1. The lowest BCUT2D eigenvalue weighted by Crippen LogP contribution is -2.43. The zero-order valence-electron chi connectivity index (χ0n) is 22.2. The summed E-state index contributed by atoms with van der Waals surface area (Å²) in [5, 5.41) is 3.89. The summed E-state index contributed by atoms with van der Waals surface area (Å²) < 4.78 is 36.9. The predicted molar refractivity (Wildman–Crippen MR) is 145 cm³/mol. The van der Waals surface area contributed by atoms with Crippen molar-refractivity contribution in [2.45, 2.75) is 62.2 Å². The van der Waals surface area contributed by atoms with Crippen molar-refractivity contribution >= 4 is 22.5 Å². The van der Waals surface area contributed by atoms with Crippen molar-refractivity contribution in [2.24, 2.45) is 0 Å². The third-order valence-corrected chi connectivity index (χ3v) is 8.98. The number of fused-ring (bicyclic) bond motifs is 2. The van der Waals surface area contributed by atoms with Crippen LogP contribution in [-0.2, 0) is 0 Å². The number of anilines is 2. The summed E-state index contributed by atoms with van der Waals surface area (Å²) in [5.74, 6) is 0.661. The van der Waals surface area contributed by atoms with E-state index in [9.17, 15) is 4.39 Å². The zero-order valence-corrected chi connectivity index (χ0v) is 22.2. The summed E-state index contributed by atoms with van der Waals surface area (Å²) in [5.41, 5.74) is 7.34. The fourth-order valence-electron chi connectivity index (χ4n) is 6.71. The van der Waals surface area contributed by atoms with Crippen LogP contribution < -0.4 is 20.7 Å². The minimum atomic E-state index is -0.861. The van der Waals surface area contributed by atoms with Crippen LogP contribution in [0.4, 0.5) is 20.4 Å². The molecular weight excluding hydrogens is 502 g/mol. The molecule has 0 amide bonds. The molecule has 39 heavy (non-hydrogen) atoms. The van der Waals surface area contributed by atoms with E-state index in [1.54, 1.807) is 12.3 Å². The van der Waals surface area contributed by atoms with Crippen molar-refractivity contribution in [2.75, 3.05) is 50.5 Å². The van der Waals surface area contributed by atoms with Gasteiger partial charge in [0.2, 0.25) is 0 Å². The number of nitrogens with two attached hydrogens (primary N) is 1. The van der Waals surface area contributed by atoms with Crippen LogP contribution in [-0.4, -0.2) is 82.4 Å². The molecule has 3 N–H and O–H groups in total. The summed E-state index contributed by atoms with van der Waals surface area (Å²) in [6.07, 6.45) is 6.12. The SMILES string of the molecule is CN(c1nc(OC[C@@]23CCCN2C[C@H](F)C3)nc2c(F)c(-c3nc(N)ccc3C3CC3)ncc12)[C@@H]1CCNC1. The quantitative estimate of drug-likeness (QED) is 0.470. The van der Waals surface area contributed by atoms with Crippen LogP contribution in [0.2, 0.25) is 0 Å². The maximum absolute atomic E-state index is 16.4. The first-order chi connectivity index (χ1) is 18.9. The Hall–Kier alpha value is -3.18. The Kier molecular flexibility index (Phi) is 6.04. The van der Waals surface area contributed by atoms with Crippen molar-refractivity contribution in [3.63, 3.8) is 0 Å². The van der Waals surface area contributed by atoms with E-state index in [1.165, 1.54) is 0 Å². The average molecular weight is 537 g/mol. The second-order valence-corrected chi connectivity index (χ2v) is 11.6. The van der Waals surface area contributed by atoms with Crippen molar-refractivity contribution in [3.8, 4) is 17.4 Å². The molecule has 0 radical (unpaired) electrons.